The number of amides is 1. The third-order valence-electron chi connectivity index (χ3n) is 5.64. The Morgan fingerprint density at radius 2 is 1.90 bits per heavy atom. The summed E-state index contributed by atoms with van der Waals surface area (Å²) >= 11 is 3.05. The summed E-state index contributed by atoms with van der Waals surface area (Å²) in [5.74, 6) is -0.304. The Morgan fingerprint density at radius 3 is 2.55 bits per heavy atom. The zero-order valence-corrected chi connectivity index (χ0v) is 19.9. The molecule has 1 aliphatic heterocycles. The van der Waals surface area contributed by atoms with E-state index in [-0.39, 0.29) is 11.8 Å². The van der Waals surface area contributed by atoms with Crippen molar-refractivity contribution in [1.29, 1.82) is 0 Å². The monoisotopic (exact) mass is 475 g/mol. The van der Waals surface area contributed by atoms with Gasteiger partial charge in [0, 0.05) is 23.9 Å². The Morgan fingerprint density at radius 1 is 1.19 bits per heavy atom. The van der Waals surface area contributed by atoms with Gasteiger partial charge in [0.1, 0.15) is 0 Å². The maximum atomic E-state index is 12.9. The summed E-state index contributed by atoms with van der Waals surface area (Å²) in [4.78, 5) is 18.7. The van der Waals surface area contributed by atoms with Crippen LogP contribution in [0.2, 0.25) is 0 Å². The average Bonchev–Trinajstić information content (AvgIpc) is 3.21. The van der Waals surface area contributed by atoms with Crippen molar-refractivity contribution in [2.75, 3.05) is 24.7 Å². The maximum Gasteiger partial charge on any atom is 0.243 e. The van der Waals surface area contributed by atoms with E-state index in [9.17, 15) is 13.2 Å². The predicted octanol–water partition coefficient (Wildman–Crippen LogP) is 4.62. The molecule has 9 heteroatoms. The zero-order chi connectivity index (χ0) is 22.0. The number of aryl methyl sites for hydroxylation is 1. The van der Waals surface area contributed by atoms with Gasteiger partial charge in [0.2, 0.25) is 15.9 Å². The Hall–Kier alpha value is -1.94. The van der Waals surface area contributed by atoms with E-state index in [4.69, 9.17) is 0 Å². The molecule has 0 bridgehead atoms. The number of carbonyl (C=O) groups is 1. The van der Waals surface area contributed by atoms with Crippen LogP contribution in [-0.2, 0) is 21.2 Å². The smallest absolute Gasteiger partial charge is 0.243 e. The third kappa shape index (κ3) is 4.64. The summed E-state index contributed by atoms with van der Waals surface area (Å²) in [6, 6.07) is 13.0. The number of piperidine rings is 1. The third-order valence-corrected chi connectivity index (χ3v) is 9.23. The summed E-state index contributed by atoms with van der Waals surface area (Å²) < 4.78 is 28.4. The van der Waals surface area contributed by atoms with Gasteiger partial charge >= 0.3 is 0 Å². The fraction of sp³-hybridized carbons (Fsp3) is 0.364. The number of para-hydroxylation sites is 1. The molecule has 1 N–H and O–H groups in total. The quantitative estimate of drug-likeness (QED) is 0.526. The summed E-state index contributed by atoms with van der Waals surface area (Å²) in [6.45, 7) is 2.76. The second-order valence-corrected chi connectivity index (χ2v) is 11.3. The van der Waals surface area contributed by atoms with Gasteiger partial charge in [0.15, 0.2) is 5.13 Å². The summed E-state index contributed by atoms with van der Waals surface area (Å²) in [5, 5.41) is 3.55. The van der Waals surface area contributed by atoms with Crippen LogP contribution in [0.4, 0.5) is 5.13 Å². The highest BCUT2D eigenvalue weighted by molar-refractivity contribution is 7.98. The van der Waals surface area contributed by atoms with E-state index in [1.54, 1.807) is 23.9 Å². The van der Waals surface area contributed by atoms with Crippen molar-refractivity contribution in [1.82, 2.24) is 9.29 Å². The number of hydrogen-bond donors (Lipinski definition) is 1. The van der Waals surface area contributed by atoms with Gasteiger partial charge in [-0.3, -0.25) is 4.79 Å². The van der Waals surface area contributed by atoms with Crippen LogP contribution in [-0.4, -0.2) is 43.0 Å². The number of sulfonamides is 1. The number of fused-ring (bicyclic) bond motifs is 1. The number of anilines is 1. The number of rotatable bonds is 6. The second-order valence-electron chi connectivity index (χ2n) is 7.48. The molecule has 1 saturated heterocycles. The lowest BCUT2D eigenvalue weighted by Gasteiger charge is -2.30. The first-order valence-corrected chi connectivity index (χ1v) is 13.7. The summed E-state index contributed by atoms with van der Waals surface area (Å²) in [5.41, 5.74) is 2.11. The van der Waals surface area contributed by atoms with E-state index in [1.807, 2.05) is 30.5 Å². The topological polar surface area (TPSA) is 79.4 Å². The molecular weight excluding hydrogens is 450 g/mol. The molecule has 0 atom stereocenters. The largest absolute Gasteiger partial charge is 0.302 e. The highest BCUT2D eigenvalue weighted by Gasteiger charge is 2.32. The Bertz CT molecular complexity index is 1180. The lowest BCUT2D eigenvalue weighted by Crippen LogP contribution is -2.41. The molecule has 0 unspecified atom stereocenters. The number of nitrogens with one attached hydrogen (secondary N) is 1. The highest BCUT2D eigenvalue weighted by atomic mass is 32.2. The van der Waals surface area contributed by atoms with Crippen molar-refractivity contribution in [3.05, 3.63) is 48.0 Å². The molecule has 1 fully saturated rings. The van der Waals surface area contributed by atoms with E-state index in [0.29, 0.717) is 36.0 Å². The van der Waals surface area contributed by atoms with Crippen molar-refractivity contribution >= 4 is 54.4 Å². The van der Waals surface area contributed by atoms with Crippen LogP contribution in [0.1, 0.15) is 25.3 Å². The van der Waals surface area contributed by atoms with Gasteiger partial charge in [-0.05, 0) is 61.4 Å². The number of hydrogen-bond acceptors (Lipinski definition) is 6. The van der Waals surface area contributed by atoms with Crippen LogP contribution >= 0.6 is 23.1 Å². The number of thioether (sulfide) groups is 1. The maximum absolute atomic E-state index is 12.9. The normalized spacial score (nSPS) is 15.9. The minimum absolute atomic E-state index is 0.0847. The lowest BCUT2D eigenvalue weighted by molar-refractivity contribution is -0.120. The Kier molecular flexibility index (Phi) is 6.66. The van der Waals surface area contributed by atoms with Gasteiger partial charge < -0.3 is 5.32 Å². The van der Waals surface area contributed by atoms with Gasteiger partial charge in [-0.2, -0.15) is 4.31 Å². The molecule has 3 aromatic rings. The number of carbonyl (C=O) groups excluding carboxylic acids is 1. The molecule has 0 aliphatic carbocycles. The van der Waals surface area contributed by atoms with Crippen LogP contribution in [0, 0.1) is 5.92 Å². The molecular formula is C22H25N3O3S3. The van der Waals surface area contributed by atoms with Crippen LogP contribution in [0.25, 0.3) is 10.2 Å². The van der Waals surface area contributed by atoms with Crippen LogP contribution in [0.15, 0.2) is 52.3 Å². The first-order valence-electron chi connectivity index (χ1n) is 10.3. The minimum Gasteiger partial charge on any atom is -0.302 e. The Labute approximate surface area is 191 Å². The molecule has 2 aromatic carbocycles. The second kappa shape index (κ2) is 9.28. The first-order chi connectivity index (χ1) is 14.9. The predicted molar refractivity (Wildman–Crippen MR) is 127 cm³/mol. The molecule has 1 amide bonds. The molecule has 2 heterocycles. The number of benzene rings is 2. The van der Waals surface area contributed by atoms with E-state index in [0.717, 1.165) is 21.5 Å². The zero-order valence-electron chi connectivity index (χ0n) is 17.5. The van der Waals surface area contributed by atoms with Crippen LogP contribution in [0.5, 0.6) is 0 Å². The minimum atomic E-state index is -3.54. The molecule has 1 aromatic heterocycles. The molecule has 0 saturated carbocycles. The van der Waals surface area contributed by atoms with E-state index in [1.165, 1.54) is 21.2 Å². The van der Waals surface area contributed by atoms with Gasteiger partial charge in [0.25, 0.3) is 0 Å². The summed E-state index contributed by atoms with van der Waals surface area (Å²) in [7, 11) is -3.54. The molecule has 164 valence electrons. The van der Waals surface area contributed by atoms with E-state index >= 15 is 0 Å². The number of thiazole rings is 1. The SMILES string of the molecule is CCc1cccc2sc(NC(=O)C3CCN(S(=O)(=O)c4ccc(SC)cc4)CC3)nc12. The standard InChI is InChI=1S/C22H25N3O3S3/c1-3-15-5-4-6-19-20(15)23-22(30-19)24-21(26)16-11-13-25(14-12-16)31(27,28)18-9-7-17(29-2)8-10-18/h4-10,16H,3,11-14H2,1-2H3,(H,23,24,26). The number of nitrogens with zero attached hydrogens (tertiary/aromatic N) is 2. The Balaban J connectivity index is 1.39. The van der Waals surface area contributed by atoms with Crippen LogP contribution in [0.3, 0.4) is 0 Å². The van der Waals surface area contributed by atoms with Crippen molar-refractivity contribution in [3.8, 4) is 0 Å². The van der Waals surface area contributed by atoms with Crippen molar-refractivity contribution < 1.29 is 13.2 Å². The van der Waals surface area contributed by atoms with E-state index < -0.39 is 10.0 Å². The van der Waals surface area contributed by atoms with Gasteiger partial charge in [-0.15, -0.1) is 11.8 Å². The molecule has 6 nitrogen and oxygen atoms in total. The van der Waals surface area contributed by atoms with E-state index in [2.05, 4.69) is 23.3 Å². The lowest BCUT2D eigenvalue weighted by atomic mass is 9.97. The van der Waals surface area contributed by atoms with Gasteiger partial charge in [-0.25, -0.2) is 13.4 Å². The molecule has 31 heavy (non-hydrogen) atoms. The fourth-order valence-electron chi connectivity index (χ4n) is 3.81. The molecule has 0 radical (unpaired) electrons. The molecule has 0 spiro atoms. The van der Waals surface area contributed by atoms with Gasteiger partial charge in [0.05, 0.1) is 15.1 Å². The highest BCUT2D eigenvalue weighted by Crippen LogP contribution is 2.30. The fourth-order valence-corrected chi connectivity index (χ4v) is 6.60. The van der Waals surface area contributed by atoms with Crippen molar-refractivity contribution in [2.45, 2.75) is 36.0 Å². The summed E-state index contributed by atoms with van der Waals surface area (Å²) in [6.07, 6.45) is 3.84. The van der Waals surface area contributed by atoms with Crippen LogP contribution < -0.4 is 5.32 Å². The first kappa shape index (κ1) is 22.3. The van der Waals surface area contributed by atoms with Crippen molar-refractivity contribution in [3.63, 3.8) is 0 Å². The van der Waals surface area contributed by atoms with Crippen molar-refractivity contribution in [2.24, 2.45) is 5.92 Å². The molecule has 4 rings (SSSR count). The number of aromatic nitrogens is 1. The van der Waals surface area contributed by atoms with Gasteiger partial charge in [-0.1, -0.05) is 30.4 Å². The average molecular weight is 476 g/mol. The molecule has 1 aliphatic rings.